The van der Waals surface area contributed by atoms with Gasteiger partial charge in [-0.2, -0.15) is 0 Å². The van der Waals surface area contributed by atoms with Gasteiger partial charge in [-0.25, -0.2) is 0 Å². The van der Waals surface area contributed by atoms with Gasteiger partial charge in [0.25, 0.3) is 0 Å². The van der Waals surface area contributed by atoms with Gasteiger partial charge in [-0.3, -0.25) is 0 Å². The van der Waals surface area contributed by atoms with Gasteiger partial charge in [0, 0.05) is 0 Å². The van der Waals surface area contributed by atoms with E-state index in [1.165, 1.54) is 5.56 Å². The summed E-state index contributed by atoms with van der Waals surface area (Å²) in [5.41, 5.74) is 6.74. The molecule has 1 aliphatic rings. The maximum absolute atomic E-state index is 9.21. The summed E-state index contributed by atoms with van der Waals surface area (Å²) in [7, 11) is 0. The zero-order chi connectivity index (χ0) is 9.42. The SMILES string of the molecule is NC[C@@H]1C[C@H]1c1ccc(O)c(Cl)c1. The molecule has 1 aliphatic carbocycles. The maximum Gasteiger partial charge on any atom is 0.134 e. The summed E-state index contributed by atoms with van der Waals surface area (Å²) in [6.45, 7) is 0.739. The molecule has 0 spiro atoms. The molecule has 0 aliphatic heterocycles. The standard InChI is InChI=1S/C10H12ClNO/c11-9-4-6(1-2-10(9)13)8-3-7(8)5-12/h1-2,4,7-8,13H,3,5,12H2/t7-,8-/m0/s1. The van der Waals surface area contributed by atoms with Gasteiger partial charge in [0.05, 0.1) is 5.02 Å². The number of nitrogens with two attached hydrogens (primary N) is 1. The Morgan fingerprint density at radius 1 is 1.54 bits per heavy atom. The van der Waals surface area contributed by atoms with Gasteiger partial charge in [-0.1, -0.05) is 17.7 Å². The third kappa shape index (κ3) is 1.64. The van der Waals surface area contributed by atoms with Crippen molar-refractivity contribution in [2.75, 3.05) is 6.54 Å². The monoisotopic (exact) mass is 197 g/mol. The van der Waals surface area contributed by atoms with E-state index in [1.54, 1.807) is 6.07 Å². The highest BCUT2D eigenvalue weighted by Crippen LogP contribution is 2.47. The molecule has 3 heteroatoms. The molecule has 1 aromatic carbocycles. The number of aromatic hydroxyl groups is 1. The topological polar surface area (TPSA) is 46.2 Å². The van der Waals surface area contributed by atoms with E-state index in [0.29, 0.717) is 16.9 Å². The lowest BCUT2D eigenvalue weighted by Gasteiger charge is -2.01. The maximum atomic E-state index is 9.21. The molecule has 1 fully saturated rings. The second kappa shape index (κ2) is 3.20. The van der Waals surface area contributed by atoms with Crippen LogP contribution in [-0.4, -0.2) is 11.7 Å². The molecule has 2 atom stereocenters. The molecule has 0 aromatic heterocycles. The highest BCUT2D eigenvalue weighted by Gasteiger charge is 2.36. The summed E-state index contributed by atoms with van der Waals surface area (Å²) in [5.74, 6) is 1.32. The van der Waals surface area contributed by atoms with Crippen molar-refractivity contribution in [3.63, 3.8) is 0 Å². The zero-order valence-electron chi connectivity index (χ0n) is 7.20. The summed E-state index contributed by atoms with van der Waals surface area (Å²) in [5, 5.41) is 9.64. The van der Waals surface area contributed by atoms with Crippen LogP contribution in [0.3, 0.4) is 0 Å². The van der Waals surface area contributed by atoms with Crippen LogP contribution in [-0.2, 0) is 0 Å². The minimum atomic E-state index is 0.148. The summed E-state index contributed by atoms with van der Waals surface area (Å²) in [4.78, 5) is 0. The smallest absolute Gasteiger partial charge is 0.134 e. The normalized spacial score (nSPS) is 26.0. The fourth-order valence-corrected chi connectivity index (χ4v) is 1.86. The quantitative estimate of drug-likeness (QED) is 0.763. The van der Waals surface area contributed by atoms with Crippen LogP contribution >= 0.6 is 11.6 Å². The first-order valence-corrected chi connectivity index (χ1v) is 4.78. The van der Waals surface area contributed by atoms with Gasteiger partial charge in [-0.05, 0) is 42.5 Å². The largest absolute Gasteiger partial charge is 0.506 e. The lowest BCUT2D eigenvalue weighted by atomic mass is 10.1. The molecular formula is C10H12ClNO. The molecule has 0 amide bonds. The third-order valence-electron chi connectivity index (χ3n) is 2.63. The average Bonchev–Trinajstić information content (AvgIpc) is 2.88. The van der Waals surface area contributed by atoms with Crippen molar-refractivity contribution in [1.82, 2.24) is 0 Å². The number of rotatable bonds is 2. The molecule has 70 valence electrons. The molecule has 0 radical (unpaired) electrons. The predicted octanol–water partition coefficient (Wildman–Crippen LogP) is 2.11. The van der Waals surface area contributed by atoms with E-state index in [2.05, 4.69) is 0 Å². The average molecular weight is 198 g/mol. The van der Waals surface area contributed by atoms with Crippen molar-refractivity contribution < 1.29 is 5.11 Å². The van der Waals surface area contributed by atoms with E-state index in [9.17, 15) is 5.11 Å². The van der Waals surface area contributed by atoms with Crippen molar-refractivity contribution in [1.29, 1.82) is 0 Å². The minimum Gasteiger partial charge on any atom is -0.506 e. The molecular weight excluding hydrogens is 186 g/mol. The van der Waals surface area contributed by atoms with Crippen LogP contribution in [0, 0.1) is 5.92 Å². The van der Waals surface area contributed by atoms with E-state index >= 15 is 0 Å². The van der Waals surface area contributed by atoms with Gasteiger partial charge in [0.2, 0.25) is 0 Å². The molecule has 2 rings (SSSR count). The molecule has 13 heavy (non-hydrogen) atoms. The Morgan fingerprint density at radius 3 is 2.85 bits per heavy atom. The van der Waals surface area contributed by atoms with E-state index in [4.69, 9.17) is 17.3 Å². The number of hydrogen-bond donors (Lipinski definition) is 2. The summed E-state index contributed by atoms with van der Waals surface area (Å²) in [6.07, 6.45) is 1.15. The van der Waals surface area contributed by atoms with Crippen molar-refractivity contribution in [2.24, 2.45) is 11.7 Å². The number of phenolic OH excluding ortho intramolecular Hbond substituents is 1. The van der Waals surface area contributed by atoms with E-state index < -0.39 is 0 Å². The lowest BCUT2D eigenvalue weighted by molar-refractivity contribution is 0.475. The Bertz CT molecular complexity index is 327. The van der Waals surface area contributed by atoms with Gasteiger partial charge in [-0.15, -0.1) is 0 Å². The first-order valence-electron chi connectivity index (χ1n) is 4.41. The van der Waals surface area contributed by atoms with E-state index in [0.717, 1.165) is 13.0 Å². The second-order valence-electron chi connectivity index (χ2n) is 3.55. The molecule has 1 aromatic rings. The second-order valence-corrected chi connectivity index (χ2v) is 3.96. The molecule has 0 heterocycles. The van der Waals surface area contributed by atoms with Crippen LogP contribution in [0.25, 0.3) is 0 Å². The summed E-state index contributed by atoms with van der Waals surface area (Å²) >= 11 is 5.80. The lowest BCUT2D eigenvalue weighted by Crippen LogP contribution is -2.01. The van der Waals surface area contributed by atoms with Crippen molar-refractivity contribution in [3.8, 4) is 5.75 Å². The van der Waals surface area contributed by atoms with Crippen molar-refractivity contribution in [3.05, 3.63) is 28.8 Å². The van der Waals surface area contributed by atoms with Crippen LogP contribution in [0.1, 0.15) is 17.9 Å². The van der Waals surface area contributed by atoms with Gasteiger partial charge in [0.15, 0.2) is 0 Å². The highest BCUT2D eigenvalue weighted by atomic mass is 35.5. The summed E-state index contributed by atoms with van der Waals surface area (Å²) in [6, 6.07) is 5.39. The summed E-state index contributed by atoms with van der Waals surface area (Å²) < 4.78 is 0. The van der Waals surface area contributed by atoms with Gasteiger partial charge < -0.3 is 10.8 Å². The van der Waals surface area contributed by atoms with Crippen molar-refractivity contribution >= 4 is 11.6 Å². The van der Waals surface area contributed by atoms with Gasteiger partial charge in [0.1, 0.15) is 5.75 Å². The molecule has 2 nitrogen and oxygen atoms in total. The van der Waals surface area contributed by atoms with Crippen LogP contribution in [0.2, 0.25) is 5.02 Å². The van der Waals surface area contributed by atoms with Crippen LogP contribution < -0.4 is 5.73 Å². The zero-order valence-corrected chi connectivity index (χ0v) is 7.96. The number of benzene rings is 1. The Kier molecular flexibility index (Phi) is 2.18. The number of phenols is 1. The molecule has 1 saturated carbocycles. The highest BCUT2D eigenvalue weighted by molar-refractivity contribution is 6.32. The van der Waals surface area contributed by atoms with E-state index in [-0.39, 0.29) is 5.75 Å². The van der Waals surface area contributed by atoms with Crippen LogP contribution in [0.5, 0.6) is 5.75 Å². The minimum absolute atomic E-state index is 0.148. The molecule has 3 N–H and O–H groups in total. The molecule has 0 saturated heterocycles. The predicted molar refractivity (Wildman–Crippen MR) is 53.0 cm³/mol. The Labute approximate surface area is 82.3 Å². The van der Waals surface area contributed by atoms with Crippen molar-refractivity contribution in [2.45, 2.75) is 12.3 Å². The Morgan fingerprint density at radius 2 is 2.31 bits per heavy atom. The fraction of sp³-hybridized carbons (Fsp3) is 0.400. The van der Waals surface area contributed by atoms with Crippen LogP contribution in [0.4, 0.5) is 0 Å². The first-order chi connectivity index (χ1) is 6.22. The molecule has 0 unspecified atom stereocenters. The Hall–Kier alpha value is -0.730. The molecule has 0 bridgehead atoms. The van der Waals surface area contributed by atoms with Gasteiger partial charge >= 0.3 is 0 Å². The number of hydrogen-bond acceptors (Lipinski definition) is 2. The van der Waals surface area contributed by atoms with Crippen LogP contribution in [0.15, 0.2) is 18.2 Å². The first kappa shape index (κ1) is 8.85. The fourth-order valence-electron chi connectivity index (χ4n) is 1.67. The van der Waals surface area contributed by atoms with E-state index in [1.807, 2.05) is 12.1 Å². The third-order valence-corrected chi connectivity index (χ3v) is 2.93. The number of halogens is 1. The Balaban J connectivity index is 2.19.